The van der Waals surface area contributed by atoms with E-state index >= 15 is 0 Å². The summed E-state index contributed by atoms with van der Waals surface area (Å²) in [5.74, 6) is -0.910. The van der Waals surface area contributed by atoms with Crippen LogP contribution in [-0.2, 0) is 0 Å². The Morgan fingerprint density at radius 1 is 1.29 bits per heavy atom. The van der Waals surface area contributed by atoms with Crippen molar-refractivity contribution in [2.75, 3.05) is 0 Å². The molecule has 0 aliphatic rings. The van der Waals surface area contributed by atoms with E-state index in [9.17, 15) is 9.59 Å². The molecule has 0 unspecified atom stereocenters. The van der Waals surface area contributed by atoms with Crippen LogP contribution >= 0.6 is 15.9 Å². The molecule has 1 amide bonds. The Balaban J connectivity index is 2.76. The predicted molar refractivity (Wildman–Crippen MR) is 82.1 cm³/mol. The average Bonchev–Trinajstić information content (AvgIpc) is 2.77. The number of aromatic nitrogens is 1. The second-order valence-electron chi connectivity index (χ2n) is 4.43. The first-order valence-electron chi connectivity index (χ1n) is 6.04. The van der Waals surface area contributed by atoms with E-state index < -0.39 is 5.91 Å². The van der Waals surface area contributed by atoms with Gasteiger partial charge in [-0.25, -0.2) is 0 Å². The van der Waals surface area contributed by atoms with Crippen LogP contribution in [0.5, 0.6) is 0 Å². The minimum atomic E-state index is -0.744. The van der Waals surface area contributed by atoms with E-state index in [0.717, 1.165) is 4.47 Å². The molecule has 0 bridgehead atoms. The number of hydrogen-bond acceptors (Lipinski definition) is 2. The lowest BCUT2D eigenvalue weighted by Gasteiger charge is -2.05. The summed E-state index contributed by atoms with van der Waals surface area (Å²) in [7, 11) is 0. The van der Waals surface area contributed by atoms with Crippen molar-refractivity contribution in [2.24, 2.45) is 5.11 Å². The molecule has 2 aromatic rings. The second kappa shape index (κ2) is 5.95. The van der Waals surface area contributed by atoms with Crippen molar-refractivity contribution in [2.45, 2.75) is 13.8 Å². The minimum absolute atomic E-state index is 0.123. The Labute approximate surface area is 128 Å². The number of nitrogens with one attached hydrogen (secondary N) is 1. The van der Waals surface area contributed by atoms with Crippen LogP contribution in [0, 0.1) is 6.92 Å². The molecule has 0 fully saturated rings. The number of aryl methyl sites for hydroxylation is 1. The van der Waals surface area contributed by atoms with Crippen LogP contribution < -0.4 is 0 Å². The fraction of sp³-hybridized carbons (Fsp3) is 0.143. The molecule has 21 heavy (non-hydrogen) atoms. The van der Waals surface area contributed by atoms with Gasteiger partial charge in [-0.2, -0.15) is 0 Å². The Bertz CT molecular complexity index is 771. The van der Waals surface area contributed by atoms with Gasteiger partial charge in [0.2, 0.25) is 0 Å². The summed E-state index contributed by atoms with van der Waals surface area (Å²) in [6.07, 6.45) is 0. The molecular weight excluding hydrogens is 336 g/mol. The van der Waals surface area contributed by atoms with Gasteiger partial charge in [0, 0.05) is 26.2 Å². The van der Waals surface area contributed by atoms with Crippen molar-refractivity contribution in [3.8, 4) is 11.1 Å². The molecule has 1 aromatic carbocycles. The van der Waals surface area contributed by atoms with E-state index in [1.807, 2.05) is 12.1 Å². The van der Waals surface area contributed by atoms with Crippen LogP contribution in [0.4, 0.5) is 0 Å². The molecule has 0 atom stereocenters. The van der Waals surface area contributed by atoms with Gasteiger partial charge in [-0.05, 0) is 42.2 Å². The number of carbonyl (C=O) groups is 2. The van der Waals surface area contributed by atoms with Gasteiger partial charge in [0.25, 0.3) is 5.91 Å². The normalized spacial score (nSPS) is 10.0. The molecule has 1 heterocycles. The number of ketones is 1. The number of halogens is 1. The van der Waals surface area contributed by atoms with Crippen molar-refractivity contribution in [1.29, 1.82) is 0 Å². The highest BCUT2D eigenvalue weighted by molar-refractivity contribution is 9.10. The molecule has 2 rings (SSSR count). The number of carbonyl (C=O) groups excluding carboxylic acids is 2. The van der Waals surface area contributed by atoms with Crippen molar-refractivity contribution < 1.29 is 9.59 Å². The zero-order valence-corrected chi connectivity index (χ0v) is 12.9. The molecule has 0 saturated heterocycles. The summed E-state index contributed by atoms with van der Waals surface area (Å²) in [6, 6.07) is 7.19. The number of Topliss-reactive ketones (excluding diaryl/α,β-unsaturated/α-hetero) is 1. The quantitative estimate of drug-likeness (QED) is 0.385. The third kappa shape index (κ3) is 2.89. The fourth-order valence-corrected chi connectivity index (χ4v) is 2.49. The molecule has 6 nitrogen and oxygen atoms in total. The summed E-state index contributed by atoms with van der Waals surface area (Å²) >= 11 is 3.33. The SMILES string of the molecule is CC(=O)c1c(C)[nH]c(C(=O)N=[N+]=[N-])c1-c1ccc(Br)cc1. The largest absolute Gasteiger partial charge is 0.355 e. The molecule has 0 aliphatic carbocycles. The lowest BCUT2D eigenvalue weighted by molar-refractivity contribution is 0.0995. The number of H-pyrrole nitrogens is 1. The smallest absolute Gasteiger partial charge is 0.265 e. The van der Waals surface area contributed by atoms with Gasteiger partial charge in [-0.3, -0.25) is 9.59 Å². The maximum atomic E-state index is 11.9. The zero-order chi connectivity index (χ0) is 15.6. The minimum Gasteiger partial charge on any atom is -0.355 e. The summed E-state index contributed by atoms with van der Waals surface area (Å²) in [4.78, 5) is 29.2. The maximum Gasteiger partial charge on any atom is 0.265 e. The van der Waals surface area contributed by atoms with Crippen LogP contribution in [0.2, 0.25) is 0 Å². The van der Waals surface area contributed by atoms with Gasteiger partial charge in [-0.1, -0.05) is 28.1 Å². The molecule has 0 spiro atoms. The third-order valence-electron chi connectivity index (χ3n) is 3.02. The molecule has 106 valence electrons. The Hall–Kier alpha value is -2.37. The highest BCUT2D eigenvalue weighted by Gasteiger charge is 2.23. The molecular formula is C14H11BrN4O2. The summed E-state index contributed by atoms with van der Waals surface area (Å²) in [5, 5.41) is 3.10. The average molecular weight is 347 g/mol. The number of rotatable bonds is 3. The van der Waals surface area contributed by atoms with E-state index in [1.165, 1.54) is 6.92 Å². The first-order valence-corrected chi connectivity index (χ1v) is 6.84. The summed E-state index contributed by atoms with van der Waals surface area (Å²) in [6.45, 7) is 3.13. The Morgan fingerprint density at radius 2 is 1.90 bits per heavy atom. The monoisotopic (exact) mass is 346 g/mol. The highest BCUT2D eigenvalue weighted by Crippen LogP contribution is 2.32. The van der Waals surface area contributed by atoms with Crippen LogP contribution in [0.1, 0.15) is 33.5 Å². The van der Waals surface area contributed by atoms with Crippen molar-refractivity contribution in [3.05, 3.63) is 56.1 Å². The van der Waals surface area contributed by atoms with E-state index in [1.54, 1.807) is 19.1 Å². The molecule has 1 N–H and O–H groups in total. The molecule has 0 aliphatic heterocycles. The second-order valence-corrected chi connectivity index (χ2v) is 5.35. The van der Waals surface area contributed by atoms with Gasteiger partial charge < -0.3 is 4.98 Å². The number of nitrogens with zero attached hydrogens (tertiary/aromatic N) is 3. The van der Waals surface area contributed by atoms with Gasteiger partial charge in [-0.15, -0.1) is 0 Å². The van der Waals surface area contributed by atoms with Gasteiger partial charge >= 0.3 is 0 Å². The van der Waals surface area contributed by atoms with E-state index in [2.05, 4.69) is 30.9 Å². The van der Waals surface area contributed by atoms with E-state index in [4.69, 9.17) is 5.53 Å². The molecule has 0 radical (unpaired) electrons. The predicted octanol–water partition coefficient (Wildman–Crippen LogP) is 4.41. The summed E-state index contributed by atoms with van der Waals surface area (Å²) < 4.78 is 0.880. The van der Waals surface area contributed by atoms with Crippen LogP contribution in [0.25, 0.3) is 21.6 Å². The van der Waals surface area contributed by atoms with Crippen molar-refractivity contribution in [1.82, 2.24) is 4.98 Å². The fourth-order valence-electron chi connectivity index (χ4n) is 2.22. The number of azide groups is 1. The number of amides is 1. The first kappa shape index (κ1) is 15.0. The van der Waals surface area contributed by atoms with Gasteiger partial charge in [0.05, 0.1) is 5.69 Å². The van der Waals surface area contributed by atoms with Crippen molar-refractivity contribution >= 4 is 27.6 Å². The van der Waals surface area contributed by atoms with Crippen LogP contribution in [-0.4, -0.2) is 16.7 Å². The van der Waals surface area contributed by atoms with Gasteiger partial charge in [0.15, 0.2) is 5.78 Å². The van der Waals surface area contributed by atoms with Crippen LogP contribution in [0.15, 0.2) is 33.9 Å². The lowest BCUT2D eigenvalue weighted by Crippen LogP contribution is -1.99. The standard InChI is InChI=1S/C14H11BrN4O2/c1-7-11(8(2)20)12(9-3-5-10(15)6-4-9)13(17-7)14(21)18-19-16/h3-6,17H,1-2H3. The lowest BCUT2D eigenvalue weighted by atomic mass is 9.98. The third-order valence-corrected chi connectivity index (χ3v) is 3.55. The maximum absolute atomic E-state index is 11.9. The number of hydrogen-bond donors (Lipinski definition) is 1. The highest BCUT2D eigenvalue weighted by atomic mass is 79.9. The Kier molecular flexibility index (Phi) is 4.26. The molecule has 7 heteroatoms. The van der Waals surface area contributed by atoms with Crippen molar-refractivity contribution in [3.63, 3.8) is 0 Å². The zero-order valence-electron chi connectivity index (χ0n) is 11.3. The van der Waals surface area contributed by atoms with Gasteiger partial charge in [0.1, 0.15) is 0 Å². The Morgan fingerprint density at radius 3 is 2.43 bits per heavy atom. The molecule has 0 saturated carbocycles. The first-order chi connectivity index (χ1) is 9.95. The topological polar surface area (TPSA) is 98.7 Å². The number of benzene rings is 1. The number of aromatic amines is 1. The molecule has 1 aromatic heterocycles. The summed E-state index contributed by atoms with van der Waals surface area (Å²) in [5.41, 5.74) is 10.7. The van der Waals surface area contributed by atoms with E-state index in [-0.39, 0.29) is 11.5 Å². The van der Waals surface area contributed by atoms with E-state index in [0.29, 0.717) is 22.4 Å². The van der Waals surface area contributed by atoms with Crippen LogP contribution in [0.3, 0.4) is 0 Å².